The summed E-state index contributed by atoms with van der Waals surface area (Å²) in [6.07, 6.45) is 6.72. The number of unbranched alkanes of at least 4 members (excludes halogenated alkanes) is 1. The van der Waals surface area contributed by atoms with Crippen molar-refractivity contribution in [2.75, 3.05) is 11.9 Å². The summed E-state index contributed by atoms with van der Waals surface area (Å²) in [5.41, 5.74) is 3.37. The van der Waals surface area contributed by atoms with Gasteiger partial charge in [0.2, 0.25) is 0 Å². The van der Waals surface area contributed by atoms with E-state index < -0.39 is 5.97 Å². The van der Waals surface area contributed by atoms with Crippen molar-refractivity contribution in [3.8, 4) is 5.75 Å². The van der Waals surface area contributed by atoms with Crippen LogP contribution in [0.25, 0.3) is 5.57 Å². The predicted octanol–water partition coefficient (Wildman–Crippen LogP) is 5.44. The molecule has 1 aromatic heterocycles. The zero-order valence-corrected chi connectivity index (χ0v) is 18.1. The van der Waals surface area contributed by atoms with Crippen molar-refractivity contribution in [1.29, 1.82) is 0 Å². The summed E-state index contributed by atoms with van der Waals surface area (Å²) in [6.45, 7) is -0.133. The number of hydrogen-bond donors (Lipinski definition) is 2. The number of benzene rings is 2. The minimum Gasteiger partial charge on any atom is -0.484 e. The van der Waals surface area contributed by atoms with Crippen LogP contribution in [0.1, 0.15) is 30.4 Å². The Morgan fingerprint density at radius 1 is 1.06 bits per heavy atom. The summed E-state index contributed by atoms with van der Waals surface area (Å²) in [5.74, 6) is -0.543. The van der Waals surface area contributed by atoms with E-state index in [9.17, 15) is 9.59 Å². The number of nitrogens with one attached hydrogen (secondary N) is 1. The van der Waals surface area contributed by atoms with E-state index in [1.54, 1.807) is 42.7 Å². The lowest BCUT2D eigenvalue weighted by Crippen LogP contribution is -2.20. The molecule has 0 saturated carbocycles. The number of halogens is 1. The Morgan fingerprint density at radius 3 is 2.56 bits per heavy atom. The number of carbonyl (C=O) groups excluding carboxylic acids is 1. The van der Waals surface area contributed by atoms with Gasteiger partial charge in [-0.05, 0) is 66.4 Å². The van der Waals surface area contributed by atoms with E-state index >= 15 is 0 Å². The standard InChI is InChI=1S/C25H23ClN2O4/c26-20-10-12-22(13-11-20)32-17-24(29)28-21-7-3-5-18(15-21)23(8-1-2-9-25(30)31)19-6-4-14-27-16-19/h3-8,10-16H,1-2,9,17H2,(H,28,29)(H,30,31). The molecule has 2 N–H and O–H groups in total. The third-order valence-electron chi connectivity index (χ3n) is 4.56. The zero-order valence-electron chi connectivity index (χ0n) is 17.3. The van der Waals surface area contributed by atoms with Gasteiger partial charge in [-0.2, -0.15) is 0 Å². The molecule has 3 rings (SSSR count). The van der Waals surface area contributed by atoms with Gasteiger partial charge in [0.05, 0.1) is 0 Å². The van der Waals surface area contributed by atoms with Crippen LogP contribution in [0.2, 0.25) is 5.02 Å². The largest absolute Gasteiger partial charge is 0.484 e. The number of hydrogen-bond acceptors (Lipinski definition) is 4. The van der Waals surface area contributed by atoms with Gasteiger partial charge < -0.3 is 15.2 Å². The average molecular weight is 451 g/mol. The highest BCUT2D eigenvalue weighted by atomic mass is 35.5. The number of rotatable bonds is 10. The van der Waals surface area contributed by atoms with Crippen molar-refractivity contribution in [3.63, 3.8) is 0 Å². The van der Waals surface area contributed by atoms with Gasteiger partial charge in [-0.1, -0.05) is 35.9 Å². The van der Waals surface area contributed by atoms with Crippen LogP contribution >= 0.6 is 11.6 Å². The summed E-state index contributed by atoms with van der Waals surface area (Å²) >= 11 is 5.85. The van der Waals surface area contributed by atoms with E-state index in [-0.39, 0.29) is 18.9 Å². The molecule has 1 heterocycles. The number of allylic oxidation sites excluding steroid dienone is 1. The van der Waals surface area contributed by atoms with E-state index in [1.165, 1.54) is 0 Å². The van der Waals surface area contributed by atoms with Gasteiger partial charge >= 0.3 is 5.97 Å². The molecule has 7 heteroatoms. The Kier molecular flexibility index (Phi) is 8.40. The first-order valence-electron chi connectivity index (χ1n) is 10.1. The molecular formula is C25H23ClN2O4. The molecule has 0 saturated heterocycles. The lowest BCUT2D eigenvalue weighted by Gasteiger charge is -2.12. The van der Waals surface area contributed by atoms with Crippen LogP contribution in [0.4, 0.5) is 5.69 Å². The molecular weight excluding hydrogens is 428 g/mol. The number of ether oxygens (including phenoxy) is 1. The zero-order chi connectivity index (χ0) is 22.8. The second-order valence-corrected chi connectivity index (χ2v) is 7.45. The summed E-state index contributed by atoms with van der Waals surface area (Å²) in [4.78, 5) is 27.3. The first-order chi connectivity index (χ1) is 15.5. The van der Waals surface area contributed by atoms with Gasteiger partial charge in [-0.15, -0.1) is 0 Å². The molecule has 0 fully saturated rings. The third kappa shape index (κ3) is 7.25. The average Bonchev–Trinajstić information content (AvgIpc) is 2.79. The van der Waals surface area contributed by atoms with Gasteiger partial charge in [0.15, 0.2) is 6.61 Å². The van der Waals surface area contributed by atoms with Crippen LogP contribution in [0.3, 0.4) is 0 Å². The molecule has 32 heavy (non-hydrogen) atoms. The fraction of sp³-hybridized carbons (Fsp3) is 0.160. The summed E-state index contributed by atoms with van der Waals surface area (Å²) in [5, 5.41) is 12.3. The number of nitrogens with zero attached hydrogens (tertiary/aromatic N) is 1. The van der Waals surface area contributed by atoms with Gasteiger partial charge in [0, 0.05) is 35.1 Å². The quantitative estimate of drug-likeness (QED) is 0.401. The Hall–Kier alpha value is -3.64. The Balaban J connectivity index is 1.70. The number of pyridine rings is 1. The Morgan fingerprint density at radius 2 is 1.84 bits per heavy atom. The topological polar surface area (TPSA) is 88.5 Å². The third-order valence-corrected chi connectivity index (χ3v) is 4.81. The molecule has 0 unspecified atom stereocenters. The van der Waals surface area contributed by atoms with Crippen LogP contribution in [0.15, 0.2) is 79.1 Å². The van der Waals surface area contributed by atoms with Crippen molar-refractivity contribution in [1.82, 2.24) is 4.98 Å². The maximum atomic E-state index is 12.3. The first kappa shape index (κ1) is 23.0. The van der Waals surface area contributed by atoms with Crippen LogP contribution < -0.4 is 10.1 Å². The number of aromatic nitrogens is 1. The fourth-order valence-corrected chi connectivity index (χ4v) is 3.19. The number of carboxylic acid groups (broad SMARTS) is 1. The molecule has 6 nitrogen and oxygen atoms in total. The van der Waals surface area contributed by atoms with Crippen LogP contribution in [-0.2, 0) is 9.59 Å². The van der Waals surface area contributed by atoms with Crippen molar-refractivity contribution < 1.29 is 19.4 Å². The highest BCUT2D eigenvalue weighted by Crippen LogP contribution is 2.26. The highest BCUT2D eigenvalue weighted by molar-refractivity contribution is 6.30. The van der Waals surface area contributed by atoms with Crippen LogP contribution in [-0.4, -0.2) is 28.6 Å². The Labute approximate surface area is 191 Å². The molecule has 1 amide bonds. The van der Waals surface area contributed by atoms with Gasteiger partial charge in [0.1, 0.15) is 5.75 Å². The summed E-state index contributed by atoms with van der Waals surface area (Å²) in [7, 11) is 0. The van der Waals surface area contributed by atoms with E-state index in [4.69, 9.17) is 21.4 Å². The van der Waals surface area contributed by atoms with Gasteiger partial charge in [0.25, 0.3) is 5.91 Å². The number of carbonyl (C=O) groups is 2. The number of amides is 1. The van der Waals surface area contributed by atoms with Crippen LogP contribution in [0.5, 0.6) is 5.75 Å². The second kappa shape index (κ2) is 11.7. The molecule has 3 aromatic rings. The van der Waals surface area contributed by atoms with Crippen molar-refractivity contribution in [2.45, 2.75) is 19.3 Å². The maximum absolute atomic E-state index is 12.3. The van der Waals surface area contributed by atoms with Crippen molar-refractivity contribution >= 4 is 34.7 Å². The predicted molar refractivity (Wildman–Crippen MR) is 125 cm³/mol. The molecule has 2 aromatic carbocycles. The van der Waals surface area contributed by atoms with Gasteiger partial charge in [-0.25, -0.2) is 0 Å². The minimum atomic E-state index is -0.813. The molecule has 0 bridgehead atoms. The van der Waals surface area contributed by atoms with E-state index in [0.717, 1.165) is 16.7 Å². The van der Waals surface area contributed by atoms with E-state index in [2.05, 4.69) is 10.3 Å². The Bertz CT molecular complexity index is 1080. The lowest BCUT2D eigenvalue weighted by atomic mass is 9.97. The SMILES string of the molecule is O=C(O)CCCC=C(c1cccnc1)c1cccc(NC(=O)COc2ccc(Cl)cc2)c1. The molecule has 0 radical (unpaired) electrons. The number of carboxylic acids is 1. The van der Waals surface area contributed by atoms with E-state index in [0.29, 0.717) is 29.3 Å². The van der Waals surface area contributed by atoms with Crippen molar-refractivity contribution in [3.05, 3.63) is 95.3 Å². The monoisotopic (exact) mass is 450 g/mol. The number of anilines is 1. The number of aliphatic carboxylic acids is 1. The summed E-state index contributed by atoms with van der Waals surface area (Å²) in [6, 6.07) is 18.0. The van der Waals surface area contributed by atoms with Crippen molar-refractivity contribution in [2.24, 2.45) is 0 Å². The van der Waals surface area contributed by atoms with Crippen LogP contribution in [0, 0.1) is 0 Å². The molecule has 164 valence electrons. The fourth-order valence-electron chi connectivity index (χ4n) is 3.07. The maximum Gasteiger partial charge on any atom is 0.303 e. The normalized spacial score (nSPS) is 11.1. The molecule has 0 spiro atoms. The smallest absolute Gasteiger partial charge is 0.303 e. The van der Waals surface area contributed by atoms with Gasteiger partial charge in [-0.3, -0.25) is 14.6 Å². The molecule has 0 aliphatic rings. The molecule has 0 aliphatic heterocycles. The highest BCUT2D eigenvalue weighted by Gasteiger charge is 2.09. The summed E-state index contributed by atoms with van der Waals surface area (Å²) < 4.78 is 5.49. The second-order valence-electron chi connectivity index (χ2n) is 7.02. The first-order valence-corrected chi connectivity index (χ1v) is 10.5. The molecule has 0 aliphatic carbocycles. The lowest BCUT2D eigenvalue weighted by molar-refractivity contribution is -0.137. The minimum absolute atomic E-state index is 0.112. The molecule has 0 atom stereocenters. The van der Waals surface area contributed by atoms with E-state index in [1.807, 2.05) is 36.4 Å².